The number of hydrogen-bond acceptors (Lipinski definition) is 7. The smallest absolute Gasteiger partial charge is 0.287 e. The molecule has 1 aromatic rings. The van der Waals surface area contributed by atoms with E-state index in [2.05, 4.69) is 8.75 Å². The highest BCUT2D eigenvalue weighted by Crippen LogP contribution is 2.04. The van der Waals surface area contributed by atoms with E-state index in [1.54, 1.807) is 0 Å². The third-order valence-corrected chi connectivity index (χ3v) is 1.71. The van der Waals surface area contributed by atoms with Crippen molar-refractivity contribution < 1.29 is 9.59 Å². The molecule has 0 radical (unpaired) electrons. The molecule has 0 saturated heterocycles. The molecule has 0 aliphatic carbocycles. The van der Waals surface area contributed by atoms with Gasteiger partial charge in [-0.05, 0) is 0 Å². The highest BCUT2D eigenvalue weighted by molar-refractivity contribution is 6.99. The lowest BCUT2D eigenvalue weighted by molar-refractivity contribution is 0.0914. The van der Waals surface area contributed by atoms with Gasteiger partial charge in [-0.25, -0.2) is 11.7 Å². The van der Waals surface area contributed by atoms with Crippen LogP contribution in [0, 0.1) is 0 Å². The molecule has 1 rings (SSSR count). The quantitative estimate of drug-likeness (QED) is 0.243. The number of hydrazine groups is 2. The molecule has 1 aromatic heterocycles. The molecule has 70 valence electrons. The predicted molar refractivity (Wildman–Crippen MR) is 43.2 cm³/mol. The zero-order valence-electron chi connectivity index (χ0n) is 6.27. The van der Waals surface area contributed by atoms with Crippen LogP contribution in [0.15, 0.2) is 0 Å². The normalized spacial score (nSPS) is 9.38. The summed E-state index contributed by atoms with van der Waals surface area (Å²) in [6, 6.07) is 0. The molecule has 9 heteroatoms. The third-order valence-electron chi connectivity index (χ3n) is 1.18. The molecule has 0 aromatic carbocycles. The van der Waals surface area contributed by atoms with Crippen molar-refractivity contribution in [2.24, 2.45) is 11.7 Å². The molecule has 0 unspecified atom stereocenters. The van der Waals surface area contributed by atoms with E-state index >= 15 is 0 Å². The molecular weight excluding hydrogens is 196 g/mol. The number of carbonyl (C=O) groups excluding carboxylic acids is 2. The molecule has 13 heavy (non-hydrogen) atoms. The first-order chi connectivity index (χ1) is 6.20. The molecule has 0 atom stereocenters. The van der Waals surface area contributed by atoms with E-state index < -0.39 is 11.8 Å². The summed E-state index contributed by atoms with van der Waals surface area (Å²) in [6.07, 6.45) is 0. The van der Waals surface area contributed by atoms with Gasteiger partial charge in [0, 0.05) is 0 Å². The lowest BCUT2D eigenvalue weighted by Gasteiger charge is -1.97. The van der Waals surface area contributed by atoms with E-state index in [1.807, 2.05) is 10.9 Å². The Balaban J connectivity index is 3.02. The molecule has 8 nitrogen and oxygen atoms in total. The summed E-state index contributed by atoms with van der Waals surface area (Å²) in [5, 5.41) is 0. The Kier molecular flexibility index (Phi) is 2.84. The van der Waals surface area contributed by atoms with Crippen molar-refractivity contribution in [1.29, 1.82) is 0 Å². The van der Waals surface area contributed by atoms with Crippen LogP contribution in [0.25, 0.3) is 0 Å². The summed E-state index contributed by atoms with van der Waals surface area (Å²) in [6.45, 7) is 0. The Morgan fingerprint density at radius 2 is 1.46 bits per heavy atom. The van der Waals surface area contributed by atoms with Crippen LogP contribution in [-0.2, 0) is 0 Å². The van der Waals surface area contributed by atoms with Gasteiger partial charge in [-0.15, -0.1) is 0 Å². The van der Waals surface area contributed by atoms with Gasteiger partial charge in [-0.2, -0.15) is 8.75 Å². The minimum Gasteiger partial charge on any atom is -0.289 e. The van der Waals surface area contributed by atoms with Crippen LogP contribution in [0.2, 0.25) is 0 Å². The highest BCUT2D eigenvalue weighted by atomic mass is 32.1. The second-order valence-corrected chi connectivity index (χ2v) is 2.44. The molecule has 0 bridgehead atoms. The van der Waals surface area contributed by atoms with Gasteiger partial charge in [0.2, 0.25) is 0 Å². The van der Waals surface area contributed by atoms with Gasteiger partial charge in [0.1, 0.15) is 0 Å². The summed E-state index contributed by atoms with van der Waals surface area (Å²) >= 11 is 0.721. The van der Waals surface area contributed by atoms with Gasteiger partial charge in [0.05, 0.1) is 11.7 Å². The molecule has 2 amide bonds. The molecular formula is C4H6N6O2S. The minimum atomic E-state index is -0.688. The largest absolute Gasteiger partial charge is 0.289 e. The average molecular weight is 202 g/mol. The van der Waals surface area contributed by atoms with Gasteiger partial charge in [-0.1, -0.05) is 0 Å². The van der Waals surface area contributed by atoms with Crippen molar-refractivity contribution in [2.45, 2.75) is 0 Å². The maximum Gasteiger partial charge on any atom is 0.287 e. The summed E-state index contributed by atoms with van der Waals surface area (Å²) in [5.41, 5.74) is 3.38. The third kappa shape index (κ3) is 1.77. The maximum absolute atomic E-state index is 11.0. The summed E-state index contributed by atoms with van der Waals surface area (Å²) in [4.78, 5) is 21.9. The molecule has 0 fully saturated rings. The standard InChI is InChI=1S/C4H6N6O2S/c5-7-3(11)1-2(4(12)8-6)10-13-9-1/h5-6H2,(H,7,11)(H,8,12). The number of rotatable bonds is 2. The monoisotopic (exact) mass is 202 g/mol. The van der Waals surface area contributed by atoms with Crippen molar-refractivity contribution >= 4 is 23.5 Å². The Labute approximate surface area is 76.6 Å². The first kappa shape index (κ1) is 9.51. The summed E-state index contributed by atoms with van der Waals surface area (Å²) in [7, 11) is 0. The summed E-state index contributed by atoms with van der Waals surface area (Å²) in [5.74, 6) is 8.32. The molecule has 1 heterocycles. The zero-order valence-corrected chi connectivity index (χ0v) is 7.09. The van der Waals surface area contributed by atoms with Gasteiger partial charge in [0.25, 0.3) is 11.8 Å². The first-order valence-electron chi connectivity index (χ1n) is 3.05. The van der Waals surface area contributed by atoms with Crippen LogP contribution < -0.4 is 22.5 Å². The maximum atomic E-state index is 11.0. The minimum absolute atomic E-state index is 0.143. The topological polar surface area (TPSA) is 136 Å². The van der Waals surface area contributed by atoms with Crippen LogP contribution in [-0.4, -0.2) is 20.6 Å². The zero-order chi connectivity index (χ0) is 9.84. The number of nitrogens with one attached hydrogen (secondary N) is 2. The predicted octanol–water partition coefficient (Wildman–Crippen LogP) is -2.25. The number of amides is 2. The first-order valence-corrected chi connectivity index (χ1v) is 3.78. The summed E-state index contributed by atoms with van der Waals surface area (Å²) < 4.78 is 7.16. The SMILES string of the molecule is NNC(=O)c1nsnc1C(=O)NN. The molecule has 0 aliphatic rings. The average Bonchev–Trinajstić information content (AvgIpc) is 2.63. The van der Waals surface area contributed by atoms with Crippen molar-refractivity contribution in [1.82, 2.24) is 19.6 Å². The van der Waals surface area contributed by atoms with Crippen molar-refractivity contribution in [3.8, 4) is 0 Å². The molecule has 0 aliphatic heterocycles. The van der Waals surface area contributed by atoms with Gasteiger partial charge in [0.15, 0.2) is 11.4 Å². The Morgan fingerprint density at radius 1 is 1.08 bits per heavy atom. The second-order valence-electron chi connectivity index (χ2n) is 1.91. The van der Waals surface area contributed by atoms with E-state index in [-0.39, 0.29) is 11.4 Å². The fraction of sp³-hybridized carbons (Fsp3) is 0. The van der Waals surface area contributed by atoms with Crippen molar-refractivity contribution in [2.75, 3.05) is 0 Å². The number of aromatic nitrogens is 2. The van der Waals surface area contributed by atoms with E-state index in [4.69, 9.17) is 11.7 Å². The van der Waals surface area contributed by atoms with E-state index in [1.165, 1.54) is 0 Å². The van der Waals surface area contributed by atoms with Gasteiger partial charge < -0.3 is 0 Å². The van der Waals surface area contributed by atoms with Crippen molar-refractivity contribution in [3.05, 3.63) is 11.4 Å². The van der Waals surface area contributed by atoms with Crippen LogP contribution in [0.5, 0.6) is 0 Å². The van der Waals surface area contributed by atoms with Gasteiger partial charge in [-0.3, -0.25) is 20.4 Å². The Bertz CT molecular complexity index is 305. The van der Waals surface area contributed by atoms with Crippen LogP contribution in [0.1, 0.15) is 21.0 Å². The molecule has 0 spiro atoms. The van der Waals surface area contributed by atoms with E-state index in [0.717, 1.165) is 11.7 Å². The molecule has 6 N–H and O–H groups in total. The number of nitrogens with two attached hydrogens (primary N) is 2. The number of nitrogen functional groups attached to an aromatic ring is 2. The Morgan fingerprint density at radius 3 is 1.77 bits per heavy atom. The molecule has 0 saturated carbocycles. The lowest BCUT2D eigenvalue weighted by Crippen LogP contribution is -2.35. The lowest BCUT2D eigenvalue weighted by atomic mass is 10.3. The van der Waals surface area contributed by atoms with Crippen LogP contribution in [0.3, 0.4) is 0 Å². The number of carbonyl (C=O) groups is 2. The second kappa shape index (κ2) is 3.89. The van der Waals surface area contributed by atoms with Crippen LogP contribution in [0.4, 0.5) is 0 Å². The fourth-order valence-corrected chi connectivity index (χ4v) is 1.17. The van der Waals surface area contributed by atoms with E-state index in [0.29, 0.717) is 0 Å². The van der Waals surface area contributed by atoms with Gasteiger partial charge >= 0.3 is 0 Å². The van der Waals surface area contributed by atoms with Crippen LogP contribution >= 0.6 is 11.7 Å². The number of nitrogens with zero attached hydrogens (tertiary/aromatic N) is 2. The Hall–Kier alpha value is -1.58. The highest BCUT2D eigenvalue weighted by Gasteiger charge is 2.20. The van der Waals surface area contributed by atoms with Crippen molar-refractivity contribution in [3.63, 3.8) is 0 Å². The number of hydrogen-bond donors (Lipinski definition) is 4. The van der Waals surface area contributed by atoms with E-state index in [9.17, 15) is 9.59 Å². The fourth-order valence-electron chi connectivity index (χ4n) is 0.623.